The number of rotatable bonds is 20. The fraction of sp³-hybridized carbons (Fsp3) is 0.825. The lowest BCUT2D eigenvalue weighted by Gasteiger charge is -2.45. The van der Waals surface area contributed by atoms with Crippen molar-refractivity contribution in [3.05, 3.63) is 35.9 Å². The van der Waals surface area contributed by atoms with Crippen molar-refractivity contribution in [2.45, 2.75) is 220 Å². The highest BCUT2D eigenvalue weighted by molar-refractivity contribution is 5.91. The van der Waals surface area contributed by atoms with E-state index in [1.165, 1.54) is 21.3 Å². The Labute approximate surface area is 510 Å². The van der Waals surface area contributed by atoms with Crippen LogP contribution < -0.4 is 5.32 Å². The lowest BCUT2D eigenvalue weighted by Crippen LogP contribution is -2.59. The number of hydrogen-bond donors (Lipinski definition) is 3. The molecule has 3 N–H and O–H groups in total. The summed E-state index contributed by atoms with van der Waals surface area (Å²) in [7, 11) is 4.31. The first-order valence-corrected chi connectivity index (χ1v) is 31.2. The van der Waals surface area contributed by atoms with Gasteiger partial charge >= 0.3 is 18.0 Å². The highest BCUT2D eigenvalue weighted by Crippen LogP contribution is 2.41. The number of benzene rings is 1. The van der Waals surface area contributed by atoms with Crippen molar-refractivity contribution in [1.82, 2.24) is 15.1 Å². The predicted molar refractivity (Wildman–Crippen MR) is 316 cm³/mol. The second-order valence-electron chi connectivity index (χ2n) is 25.5. The fourth-order valence-electron chi connectivity index (χ4n) is 13.1. The smallest absolute Gasteiger partial charge is 0.408 e. The van der Waals surface area contributed by atoms with Crippen LogP contribution >= 0.6 is 0 Å². The molecule has 1 unspecified atom stereocenters. The molecule has 1 amide bonds. The molecule has 1 aromatic carbocycles. The zero-order valence-electron chi connectivity index (χ0n) is 54.0. The number of aliphatic hydroxyl groups excluding tert-OH is 2. The third-order valence-electron chi connectivity index (χ3n) is 17.8. The molecule has 5 heterocycles. The number of amides is 1. The molecule has 86 heavy (non-hydrogen) atoms. The van der Waals surface area contributed by atoms with Crippen molar-refractivity contribution >= 4 is 29.5 Å². The van der Waals surface area contributed by atoms with Gasteiger partial charge in [0.2, 0.25) is 0 Å². The zero-order valence-corrected chi connectivity index (χ0v) is 54.0. The first kappa shape index (κ1) is 71.1. The van der Waals surface area contributed by atoms with Crippen molar-refractivity contribution < 1.29 is 91.1 Å². The maximum absolute atomic E-state index is 16.0. The van der Waals surface area contributed by atoms with Gasteiger partial charge in [0.25, 0.3) is 0 Å². The molecule has 23 heteroatoms. The van der Waals surface area contributed by atoms with Gasteiger partial charge in [0, 0.05) is 96.5 Å². The number of esters is 2. The maximum Gasteiger partial charge on any atom is 0.408 e. The van der Waals surface area contributed by atoms with Crippen LogP contribution in [0.25, 0.3) is 0 Å². The highest BCUT2D eigenvalue weighted by Gasteiger charge is 2.53. The lowest BCUT2D eigenvalue weighted by molar-refractivity contribution is -0.305. The van der Waals surface area contributed by atoms with Crippen LogP contribution in [0, 0.1) is 41.4 Å². The summed E-state index contributed by atoms with van der Waals surface area (Å²) in [4.78, 5) is 69.9. The third-order valence-corrected chi connectivity index (χ3v) is 17.8. The largest absolute Gasteiger partial charge is 0.461 e. The van der Waals surface area contributed by atoms with Crippen molar-refractivity contribution in [2.24, 2.45) is 46.6 Å². The van der Waals surface area contributed by atoms with Crippen molar-refractivity contribution in [3.8, 4) is 0 Å². The summed E-state index contributed by atoms with van der Waals surface area (Å²) in [6, 6.07) is 9.24. The first-order valence-electron chi connectivity index (χ1n) is 31.2. The van der Waals surface area contributed by atoms with Crippen molar-refractivity contribution in [3.63, 3.8) is 0 Å². The van der Waals surface area contributed by atoms with Gasteiger partial charge < -0.3 is 77.2 Å². The number of morpholine rings is 1. The number of oxime groups is 1. The highest BCUT2D eigenvalue weighted by atomic mass is 16.7. The van der Waals surface area contributed by atoms with E-state index in [9.17, 15) is 19.8 Å². The number of aliphatic hydroxyl groups is 2. The van der Waals surface area contributed by atoms with Crippen LogP contribution in [0.3, 0.4) is 0 Å². The number of alkyl carbamates (subject to hydrolysis) is 1. The van der Waals surface area contributed by atoms with Crippen LogP contribution in [-0.4, -0.2) is 221 Å². The normalized spacial score (nSPS) is 38.5. The standard InChI is InChI=1S/C63H104N4O19/c1-35(2)28-48(68)82-54-42(9)53(37(4)34-78-61-57(75-15)56(74-14)50(69)45(12)81-61)84-59(72)44(11)55(83-49-29-38(5)67(33-40(7)79-49)23-22-66-24-26-77-27-25-66)41(8)52(85-60-51(70)47(65-76-16)30-39(6)80-60)36(3)31-63(13,58(71)43(54)10)86-62(73)64-32-46-20-18-17-19-21-46/h17-21,35-45,49-57,60-61,69-70H,22-34H2,1-16H3,(H,64,73)/t36-,37-,38?,39+,40-,41+,42-,43+,44+,45+,49-,50+,51+,52-,53+,54+,55-,56+,57+,60-,61+,63-/m0/s1. The monoisotopic (exact) mass is 1220 g/mol. The summed E-state index contributed by atoms with van der Waals surface area (Å²) in [5.41, 5.74) is -0.889. The molecule has 0 bridgehead atoms. The van der Waals surface area contributed by atoms with E-state index in [1.54, 1.807) is 34.6 Å². The van der Waals surface area contributed by atoms with E-state index in [1.807, 2.05) is 78.8 Å². The topological polar surface area (TPSA) is 260 Å². The number of nitrogens with zero attached hydrogens (tertiary/aromatic N) is 3. The average Bonchev–Trinajstić information content (AvgIpc) is 1.67. The first-order chi connectivity index (χ1) is 40.8. The molecule has 490 valence electrons. The summed E-state index contributed by atoms with van der Waals surface area (Å²) < 4.78 is 76.8. The summed E-state index contributed by atoms with van der Waals surface area (Å²) in [5.74, 6) is -7.46. The van der Waals surface area contributed by atoms with Gasteiger partial charge in [0.1, 0.15) is 43.7 Å². The number of ketones is 1. The molecule has 23 nitrogen and oxygen atoms in total. The quantitative estimate of drug-likeness (QED) is 0.0779. The van der Waals surface area contributed by atoms with Gasteiger partial charge in [0.15, 0.2) is 30.3 Å². The number of ether oxygens (including phenoxy) is 12. The molecular formula is C63H104N4O19. The molecular weight excluding hydrogens is 1120 g/mol. The number of methoxy groups -OCH3 is 2. The molecule has 5 fully saturated rings. The Bertz CT molecular complexity index is 2300. The number of carbonyl (C=O) groups is 4. The second-order valence-corrected chi connectivity index (χ2v) is 25.5. The second kappa shape index (κ2) is 33.2. The van der Waals surface area contributed by atoms with Gasteiger partial charge in [-0.3, -0.25) is 24.2 Å². The summed E-state index contributed by atoms with van der Waals surface area (Å²) in [6.45, 7) is 28.9. The van der Waals surface area contributed by atoms with Gasteiger partial charge in [-0.05, 0) is 65.4 Å². The Morgan fingerprint density at radius 1 is 0.802 bits per heavy atom. The zero-order chi connectivity index (χ0) is 63.2. The fourth-order valence-corrected chi connectivity index (χ4v) is 13.1. The van der Waals surface area contributed by atoms with E-state index in [0.29, 0.717) is 26.2 Å². The number of carbonyl (C=O) groups excluding carboxylic acids is 4. The summed E-state index contributed by atoms with van der Waals surface area (Å²) in [6.07, 6.45) is -13.7. The molecule has 0 saturated carbocycles. The van der Waals surface area contributed by atoms with Gasteiger partial charge in [-0.25, -0.2) is 4.79 Å². The van der Waals surface area contributed by atoms with Crippen molar-refractivity contribution in [1.29, 1.82) is 0 Å². The van der Waals surface area contributed by atoms with Gasteiger partial charge in [-0.15, -0.1) is 0 Å². The molecule has 6 rings (SSSR count). The predicted octanol–water partition coefficient (Wildman–Crippen LogP) is 5.91. The Kier molecular flexibility index (Phi) is 27.5. The van der Waals surface area contributed by atoms with Crippen LogP contribution in [0.2, 0.25) is 0 Å². The van der Waals surface area contributed by atoms with Crippen LogP contribution in [0.1, 0.15) is 121 Å². The number of Topliss-reactive ketones (excluding diaryl/α,β-unsaturated/α-hetero) is 1. The summed E-state index contributed by atoms with van der Waals surface area (Å²) >= 11 is 0. The minimum Gasteiger partial charge on any atom is -0.461 e. The van der Waals surface area contributed by atoms with Gasteiger partial charge in [-0.2, -0.15) is 0 Å². The van der Waals surface area contributed by atoms with E-state index in [-0.39, 0.29) is 56.2 Å². The molecule has 0 aromatic heterocycles. The minimum atomic E-state index is -1.97. The third kappa shape index (κ3) is 19.0. The Hall–Kier alpha value is -3.95. The Morgan fingerprint density at radius 2 is 1.49 bits per heavy atom. The van der Waals surface area contributed by atoms with Gasteiger partial charge in [-0.1, -0.05) is 84.0 Å². The Balaban J connectivity index is 1.48. The molecule has 0 spiro atoms. The van der Waals surface area contributed by atoms with Crippen LogP contribution in [0.4, 0.5) is 4.79 Å². The van der Waals surface area contributed by atoms with E-state index in [0.717, 1.165) is 31.7 Å². The number of hydrogen-bond acceptors (Lipinski definition) is 22. The number of cyclic esters (lactones) is 1. The van der Waals surface area contributed by atoms with Crippen LogP contribution in [-0.2, 0) is 82.6 Å². The molecule has 5 aliphatic rings. The van der Waals surface area contributed by atoms with Crippen LogP contribution in [0.15, 0.2) is 35.5 Å². The molecule has 22 atom stereocenters. The SMILES string of the molecule is CON=C1C[C@@H](C)O[C@@H](O[C@@H]2[C@@H](C)[C@H](O[C@H]3CC(C)N(CCN4CCOCC4)C[C@H](C)O3)[C@@H](C)C(=O)O[C@H]([C@@H](C)CO[C@@H]3O[C@H](C)[C@@H](O)[C@@H](OC)[C@H]3OC)[C@H](C)[C@@H](OC(=O)CC(C)C)[C@@H](C)C(=O)[C@@](C)(OC(=O)NCc3ccccc3)C[C@@H]2C)[C@@H]1O. The van der Waals surface area contributed by atoms with Gasteiger partial charge in [0.05, 0.1) is 67.9 Å². The minimum absolute atomic E-state index is 0.00560. The molecule has 1 aromatic rings. The number of nitrogens with one attached hydrogen (secondary N) is 1. The maximum atomic E-state index is 16.0. The van der Waals surface area contributed by atoms with E-state index >= 15 is 9.59 Å². The van der Waals surface area contributed by atoms with Crippen LogP contribution in [0.5, 0.6) is 0 Å². The summed E-state index contributed by atoms with van der Waals surface area (Å²) in [5, 5.41) is 29.9. The van der Waals surface area contributed by atoms with E-state index in [2.05, 4.69) is 27.2 Å². The molecule has 5 saturated heterocycles. The van der Waals surface area contributed by atoms with Crippen molar-refractivity contribution in [2.75, 3.05) is 73.9 Å². The molecule has 5 aliphatic heterocycles. The Morgan fingerprint density at radius 3 is 2.14 bits per heavy atom. The lowest BCUT2D eigenvalue weighted by atomic mass is 9.74. The molecule has 0 aliphatic carbocycles. The van der Waals surface area contributed by atoms with E-state index in [4.69, 9.17) is 61.7 Å². The molecule has 0 radical (unpaired) electrons. The van der Waals surface area contributed by atoms with E-state index < -0.39 is 145 Å². The average molecular weight is 1220 g/mol.